The smallest absolute Gasteiger partial charge is 0.184 e. The Kier molecular flexibility index (Phi) is 2.90. The fourth-order valence-electron chi connectivity index (χ4n) is 2.03. The predicted molar refractivity (Wildman–Crippen MR) is 65.4 cm³/mol. The van der Waals surface area contributed by atoms with E-state index in [4.69, 9.17) is 9.47 Å². The molecule has 3 rings (SSSR count). The maximum absolute atomic E-state index is 5.91. The summed E-state index contributed by atoms with van der Waals surface area (Å²) in [6.45, 7) is 0.615. The Labute approximate surface area is 101 Å². The first-order valence-electron chi connectivity index (χ1n) is 5.80. The lowest BCUT2D eigenvalue weighted by atomic mass is 10.1. The van der Waals surface area contributed by atoms with E-state index in [0.29, 0.717) is 6.61 Å². The van der Waals surface area contributed by atoms with Crippen molar-refractivity contribution in [2.24, 2.45) is 0 Å². The second-order valence-corrected chi connectivity index (χ2v) is 4.11. The van der Waals surface area contributed by atoms with E-state index >= 15 is 0 Å². The Bertz CT molecular complexity index is 421. The number of hydrogen-bond acceptors (Lipinski definition) is 2. The van der Waals surface area contributed by atoms with Crippen LogP contribution in [0.2, 0.25) is 0 Å². The molecule has 1 aliphatic heterocycles. The van der Waals surface area contributed by atoms with Crippen molar-refractivity contribution >= 4 is 0 Å². The van der Waals surface area contributed by atoms with Gasteiger partial charge in [0.1, 0.15) is 6.10 Å². The van der Waals surface area contributed by atoms with Gasteiger partial charge in [-0.05, 0) is 5.56 Å². The van der Waals surface area contributed by atoms with Gasteiger partial charge < -0.3 is 9.47 Å². The van der Waals surface area contributed by atoms with E-state index in [2.05, 4.69) is 12.1 Å². The lowest BCUT2D eigenvalue weighted by Gasteiger charge is -2.11. The summed E-state index contributed by atoms with van der Waals surface area (Å²) in [5, 5.41) is 0. The van der Waals surface area contributed by atoms with Crippen molar-refractivity contribution in [1.82, 2.24) is 0 Å². The minimum atomic E-state index is -0.235. The van der Waals surface area contributed by atoms with Gasteiger partial charge in [-0.2, -0.15) is 0 Å². The summed E-state index contributed by atoms with van der Waals surface area (Å²) in [5.41, 5.74) is 2.25. The highest BCUT2D eigenvalue weighted by Gasteiger charge is 2.27. The molecule has 0 saturated carbocycles. The molecule has 0 amide bonds. The molecule has 0 bridgehead atoms. The van der Waals surface area contributed by atoms with Gasteiger partial charge in [-0.15, -0.1) is 0 Å². The van der Waals surface area contributed by atoms with Crippen molar-refractivity contribution in [3.63, 3.8) is 0 Å². The minimum absolute atomic E-state index is 0.0430. The molecular formula is C15H14O2. The molecule has 2 aromatic rings. The molecule has 1 aliphatic rings. The summed E-state index contributed by atoms with van der Waals surface area (Å²) in [7, 11) is 0. The molecule has 0 aromatic heterocycles. The van der Waals surface area contributed by atoms with Gasteiger partial charge in [-0.1, -0.05) is 60.7 Å². The van der Waals surface area contributed by atoms with Crippen LogP contribution in [0.3, 0.4) is 0 Å². The summed E-state index contributed by atoms with van der Waals surface area (Å²) in [4.78, 5) is 0. The van der Waals surface area contributed by atoms with Gasteiger partial charge in [0.05, 0.1) is 6.61 Å². The molecule has 86 valence electrons. The molecule has 1 unspecified atom stereocenters. The van der Waals surface area contributed by atoms with E-state index in [1.165, 1.54) is 5.56 Å². The third kappa shape index (κ3) is 2.23. The molecule has 17 heavy (non-hydrogen) atoms. The van der Waals surface area contributed by atoms with E-state index in [-0.39, 0.29) is 12.4 Å². The Balaban J connectivity index is 1.75. The molecule has 2 atom stereocenters. The number of ether oxygens (including phenoxy) is 2. The quantitative estimate of drug-likeness (QED) is 0.780. The van der Waals surface area contributed by atoms with Gasteiger partial charge in [0, 0.05) is 5.56 Å². The average molecular weight is 226 g/mol. The van der Waals surface area contributed by atoms with Crippen LogP contribution in [0, 0.1) is 0 Å². The van der Waals surface area contributed by atoms with Crippen molar-refractivity contribution < 1.29 is 9.47 Å². The highest BCUT2D eigenvalue weighted by Crippen LogP contribution is 2.34. The Morgan fingerprint density at radius 3 is 2.00 bits per heavy atom. The van der Waals surface area contributed by atoms with Crippen molar-refractivity contribution in [3.05, 3.63) is 71.8 Å². The molecule has 1 heterocycles. The average Bonchev–Trinajstić information content (AvgIpc) is 2.90. The Hall–Kier alpha value is -1.64. The first-order valence-corrected chi connectivity index (χ1v) is 5.80. The summed E-state index contributed by atoms with van der Waals surface area (Å²) >= 11 is 0. The van der Waals surface area contributed by atoms with Crippen LogP contribution in [0.15, 0.2) is 60.7 Å². The lowest BCUT2D eigenvalue weighted by molar-refractivity contribution is -0.0607. The zero-order chi connectivity index (χ0) is 11.5. The molecule has 1 fully saturated rings. The number of rotatable bonds is 2. The third-order valence-electron chi connectivity index (χ3n) is 2.93. The molecule has 2 heteroatoms. The number of benzene rings is 2. The summed E-state index contributed by atoms with van der Waals surface area (Å²) in [5.74, 6) is 0. The zero-order valence-corrected chi connectivity index (χ0v) is 9.45. The topological polar surface area (TPSA) is 18.5 Å². The highest BCUT2D eigenvalue weighted by atomic mass is 16.7. The van der Waals surface area contributed by atoms with Crippen LogP contribution in [-0.4, -0.2) is 6.61 Å². The largest absolute Gasteiger partial charge is 0.345 e. The van der Waals surface area contributed by atoms with Gasteiger partial charge in [0.15, 0.2) is 6.29 Å². The Morgan fingerprint density at radius 1 is 0.765 bits per heavy atom. The van der Waals surface area contributed by atoms with Crippen molar-refractivity contribution in [2.75, 3.05) is 6.61 Å². The summed E-state index contributed by atoms with van der Waals surface area (Å²) < 4.78 is 11.6. The SMILES string of the molecule is c1ccc(C2OC[C@@H](c3ccccc3)O2)cc1. The van der Waals surface area contributed by atoms with Gasteiger partial charge in [-0.3, -0.25) is 0 Å². The van der Waals surface area contributed by atoms with Crippen LogP contribution in [0.5, 0.6) is 0 Å². The zero-order valence-electron chi connectivity index (χ0n) is 9.45. The minimum Gasteiger partial charge on any atom is -0.345 e. The molecule has 1 saturated heterocycles. The van der Waals surface area contributed by atoms with E-state index in [0.717, 1.165) is 5.56 Å². The van der Waals surface area contributed by atoms with Crippen LogP contribution < -0.4 is 0 Å². The standard InChI is InChI=1S/C15H14O2/c1-3-7-12(8-4-1)14-11-16-15(17-14)13-9-5-2-6-10-13/h1-10,14-15H,11H2/t14-,15?/m0/s1. The van der Waals surface area contributed by atoms with Crippen molar-refractivity contribution in [1.29, 1.82) is 0 Å². The molecular weight excluding hydrogens is 212 g/mol. The second kappa shape index (κ2) is 4.70. The fraction of sp³-hybridized carbons (Fsp3) is 0.200. The van der Waals surface area contributed by atoms with Crippen LogP contribution in [0.4, 0.5) is 0 Å². The van der Waals surface area contributed by atoms with Crippen LogP contribution in [-0.2, 0) is 9.47 Å². The maximum Gasteiger partial charge on any atom is 0.184 e. The van der Waals surface area contributed by atoms with Gasteiger partial charge >= 0.3 is 0 Å². The Morgan fingerprint density at radius 2 is 1.35 bits per heavy atom. The monoisotopic (exact) mass is 226 g/mol. The number of hydrogen-bond donors (Lipinski definition) is 0. The van der Waals surface area contributed by atoms with Gasteiger partial charge in [0.2, 0.25) is 0 Å². The molecule has 2 aromatic carbocycles. The predicted octanol–water partition coefficient (Wildman–Crippen LogP) is 3.47. The van der Waals surface area contributed by atoms with Gasteiger partial charge in [0.25, 0.3) is 0 Å². The first-order chi connectivity index (χ1) is 8.43. The molecule has 0 N–H and O–H groups in total. The normalized spacial score (nSPS) is 23.8. The highest BCUT2D eigenvalue weighted by molar-refractivity contribution is 5.20. The third-order valence-corrected chi connectivity index (χ3v) is 2.93. The van der Waals surface area contributed by atoms with Crippen molar-refractivity contribution in [2.45, 2.75) is 12.4 Å². The van der Waals surface area contributed by atoms with Crippen LogP contribution in [0.1, 0.15) is 23.5 Å². The van der Waals surface area contributed by atoms with E-state index < -0.39 is 0 Å². The van der Waals surface area contributed by atoms with E-state index in [9.17, 15) is 0 Å². The van der Waals surface area contributed by atoms with Crippen LogP contribution in [0.25, 0.3) is 0 Å². The van der Waals surface area contributed by atoms with E-state index in [1.807, 2.05) is 48.5 Å². The first kappa shape index (κ1) is 10.5. The van der Waals surface area contributed by atoms with Crippen LogP contribution >= 0.6 is 0 Å². The lowest BCUT2D eigenvalue weighted by Crippen LogP contribution is -2.00. The second-order valence-electron chi connectivity index (χ2n) is 4.11. The fourth-order valence-corrected chi connectivity index (χ4v) is 2.03. The summed E-state index contributed by atoms with van der Waals surface area (Å²) in [6.07, 6.45) is -0.192. The molecule has 0 spiro atoms. The van der Waals surface area contributed by atoms with Gasteiger partial charge in [-0.25, -0.2) is 0 Å². The molecule has 0 radical (unpaired) electrons. The summed E-state index contributed by atoms with van der Waals surface area (Å²) in [6, 6.07) is 20.2. The maximum atomic E-state index is 5.91. The molecule has 0 aliphatic carbocycles. The van der Waals surface area contributed by atoms with Crippen molar-refractivity contribution in [3.8, 4) is 0 Å². The molecule has 2 nitrogen and oxygen atoms in total. The van der Waals surface area contributed by atoms with E-state index in [1.54, 1.807) is 0 Å².